The minimum atomic E-state index is 0.306. The molecule has 0 aromatic heterocycles. The molecule has 0 saturated heterocycles. The molecule has 0 radical (unpaired) electrons. The summed E-state index contributed by atoms with van der Waals surface area (Å²) >= 11 is 1.98. The van der Waals surface area contributed by atoms with Crippen LogP contribution in [0, 0.1) is 0 Å². The average Bonchev–Trinajstić information content (AvgIpc) is 2.31. The number of ether oxygens (including phenoxy) is 1. The van der Waals surface area contributed by atoms with Crippen LogP contribution in [0.2, 0.25) is 0 Å². The molecule has 0 heterocycles. The van der Waals surface area contributed by atoms with E-state index in [9.17, 15) is 0 Å². The van der Waals surface area contributed by atoms with Gasteiger partial charge in [-0.15, -0.1) is 0 Å². The molecule has 3 heteroatoms. The SMILES string of the molecule is CCOc1ccc(C(CSC(C)(C)C)NC)cc1. The van der Waals surface area contributed by atoms with Gasteiger partial charge in [0.05, 0.1) is 6.61 Å². The van der Waals surface area contributed by atoms with Crippen molar-refractivity contribution < 1.29 is 4.74 Å². The van der Waals surface area contributed by atoms with Crippen molar-refractivity contribution in [3.63, 3.8) is 0 Å². The summed E-state index contributed by atoms with van der Waals surface area (Å²) in [7, 11) is 2.02. The van der Waals surface area contributed by atoms with Gasteiger partial charge >= 0.3 is 0 Å². The summed E-state index contributed by atoms with van der Waals surface area (Å²) in [5.74, 6) is 2.02. The van der Waals surface area contributed by atoms with Gasteiger partial charge in [0.1, 0.15) is 5.75 Å². The van der Waals surface area contributed by atoms with Gasteiger partial charge in [-0.05, 0) is 31.7 Å². The van der Waals surface area contributed by atoms with Gasteiger partial charge in [-0.1, -0.05) is 32.9 Å². The molecule has 1 aromatic rings. The van der Waals surface area contributed by atoms with E-state index in [2.05, 4.69) is 38.2 Å². The van der Waals surface area contributed by atoms with Crippen LogP contribution in [-0.4, -0.2) is 24.2 Å². The number of hydrogen-bond donors (Lipinski definition) is 1. The monoisotopic (exact) mass is 267 g/mol. The lowest BCUT2D eigenvalue weighted by molar-refractivity contribution is 0.340. The minimum Gasteiger partial charge on any atom is -0.494 e. The molecule has 0 aliphatic carbocycles. The number of benzene rings is 1. The molecule has 18 heavy (non-hydrogen) atoms. The van der Waals surface area contributed by atoms with Crippen LogP contribution in [0.5, 0.6) is 5.75 Å². The van der Waals surface area contributed by atoms with Gasteiger partial charge < -0.3 is 10.1 Å². The Bertz CT molecular complexity index is 343. The van der Waals surface area contributed by atoms with Gasteiger partial charge in [0.2, 0.25) is 0 Å². The largest absolute Gasteiger partial charge is 0.494 e. The molecule has 2 nitrogen and oxygen atoms in total. The van der Waals surface area contributed by atoms with Gasteiger partial charge in [0, 0.05) is 16.5 Å². The third kappa shape index (κ3) is 5.32. The Hall–Kier alpha value is -0.670. The second-order valence-corrected chi connectivity index (χ2v) is 7.11. The molecule has 1 rings (SSSR count). The number of hydrogen-bond acceptors (Lipinski definition) is 3. The Morgan fingerprint density at radius 1 is 1.22 bits per heavy atom. The molecule has 0 saturated carbocycles. The standard InChI is InChI=1S/C15H25NOS/c1-6-17-13-9-7-12(8-10-13)14(16-5)11-18-15(2,3)4/h7-10,14,16H,6,11H2,1-5H3. The fraction of sp³-hybridized carbons (Fsp3) is 0.600. The predicted molar refractivity (Wildman–Crippen MR) is 81.6 cm³/mol. The third-order valence-electron chi connectivity index (χ3n) is 2.62. The Balaban J connectivity index is 2.64. The van der Waals surface area contributed by atoms with Gasteiger partial charge in [0.25, 0.3) is 0 Å². The summed E-state index contributed by atoms with van der Waals surface area (Å²) in [6, 6.07) is 8.78. The molecule has 1 aromatic carbocycles. The zero-order valence-electron chi connectivity index (χ0n) is 12.1. The lowest BCUT2D eigenvalue weighted by Gasteiger charge is -2.23. The van der Waals surface area contributed by atoms with Crippen LogP contribution in [-0.2, 0) is 0 Å². The van der Waals surface area contributed by atoms with Crippen LogP contribution < -0.4 is 10.1 Å². The van der Waals surface area contributed by atoms with E-state index in [0.717, 1.165) is 11.5 Å². The number of rotatable bonds is 6. The Morgan fingerprint density at radius 3 is 2.28 bits per heavy atom. The molecule has 0 aliphatic rings. The van der Waals surface area contributed by atoms with Crippen LogP contribution >= 0.6 is 11.8 Å². The van der Waals surface area contributed by atoms with Crippen LogP contribution in [0.15, 0.2) is 24.3 Å². The first-order valence-corrected chi connectivity index (χ1v) is 7.49. The molecule has 1 unspecified atom stereocenters. The maximum Gasteiger partial charge on any atom is 0.119 e. The highest BCUT2D eigenvalue weighted by molar-refractivity contribution is 8.00. The zero-order chi connectivity index (χ0) is 13.6. The van der Waals surface area contributed by atoms with E-state index in [1.165, 1.54) is 5.56 Å². The van der Waals surface area contributed by atoms with Gasteiger partial charge in [-0.3, -0.25) is 0 Å². The van der Waals surface area contributed by atoms with Crippen molar-refractivity contribution in [1.82, 2.24) is 5.32 Å². The second-order valence-electron chi connectivity index (χ2n) is 5.27. The Kier molecular flexibility index (Phi) is 6.03. The lowest BCUT2D eigenvalue weighted by atomic mass is 10.1. The van der Waals surface area contributed by atoms with Gasteiger partial charge in [-0.2, -0.15) is 11.8 Å². The summed E-state index contributed by atoms with van der Waals surface area (Å²) in [5, 5.41) is 3.38. The van der Waals surface area contributed by atoms with Crippen LogP contribution in [0.25, 0.3) is 0 Å². The molecular formula is C15H25NOS. The third-order valence-corrected chi connectivity index (χ3v) is 3.99. The van der Waals surface area contributed by atoms with Crippen molar-refractivity contribution in [3.05, 3.63) is 29.8 Å². The highest BCUT2D eigenvalue weighted by atomic mass is 32.2. The fourth-order valence-corrected chi connectivity index (χ4v) is 2.67. The van der Waals surface area contributed by atoms with E-state index >= 15 is 0 Å². The predicted octanol–water partition coefficient (Wildman–Crippen LogP) is 3.88. The Morgan fingerprint density at radius 2 is 1.83 bits per heavy atom. The molecule has 0 bridgehead atoms. The van der Waals surface area contributed by atoms with Crippen LogP contribution in [0.3, 0.4) is 0 Å². The first-order chi connectivity index (χ1) is 8.46. The molecular weight excluding hydrogens is 242 g/mol. The van der Waals surface area contributed by atoms with Gasteiger partial charge in [0.15, 0.2) is 0 Å². The van der Waals surface area contributed by atoms with Gasteiger partial charge in [-0.25, -0.2) is 0 Å². The van der Waals surface area contributed by atoms with Crippen molar-refractivity contribution in [1.29, 1.82) is 0 Å². The highest BCUT2D eigenvalue weighted by Gasteiger charge is 2.15. The normalized spacial score (nSPS) is 13.4. The fourth-order valence-electron chi connectivity index (χ4n) is 1.64. The zero-order valence-corrected chi connectivity index (χ0v) is 12.9. The molecule has 1 N–H and O–H groups in total. The second kappa shape index (κ2) is 7.05. The maximum absolute atomic E-state index is 5.46. The molecule has 0 spiro atoms. The van der Waals surface area contributed by atoms with Crippen molar-refractivity contribution >= 4 is 11.8 Å². The van der Waals surface area contributed by atoms with Crippen molar-refractivity contribution in [2.45, 2.75) is 38.5 Å². The van der Waals surface area contributed by atoms with E-state index < -0.39 is 0 Å². The summed E-state index contributed by atoms with van der Waals surface area (Å²) in [6.07, 6.45) is 0. The minimum absolute atomic E-state index is 0.306. The maximum atomic E-state index is 5.46. The summed E-state index contributed by atoms with van der Waals surface area (Å²) in [5.41, 5.74) is 1.32. The molecule has 0 fully saturated rings. The van der Waals surface area contributed by atoms with Crippen LogP contribution in [0.1, 0.15) is 39.3 Å². The number of thioether (sulfide) groups is 1. The van der Waals surface area contributed by atoms with E-state index in [1.54, 1.807) is 0 Å². The van der Waals surface area contributed by atoms with Crippen LogP contribution in [0.4, 0.5) is 0 Å². The van der Waals surface area contributed by atoms with E-state index in [1.807, 2.05) is 37.9 Å². The first-order valence-electron chi connectivity index (χ1n) is 6.50. The van der Waals surface area contributed by atoms with E-state index in [0.29, 0.717) is 17.4 Å². The number of nitrogens with one attached hydrogen (secondary N) is 1. The van der Waals surface area contributed by atoms with E-state index in [4.69, 9.17) is 4.74 Å². The quantitative estimate of drug-likeness (QED) is 0.845. The van der Waals surface area contributed by atoms with Crippen molar-refractivity contribution in [2.75, 3.05) is 19.4 Å². The van der Waals surface area contributed by atoms with E-state index in [-0.39, 0.29) is 0 Å². The van der Waals surface area contributed by atoms with Crippen molar-refractivity contribution in [3.8, 4) is 5.75 Å². The molecule has 0 aliphatic heterocycles. The van der Waals surface area contributed by atoms with Crippen molar-refractivity contribution in [2.24, 2.45) is 0 Å². The first kappa shape index (κ1) is 15.4. The molecule has 1 atom stereocenters. The molecule has 102 valence electrons. The average molecular weight is 267 g/mol. The lowest BCUT2D eigenvalue weighted by Crippen LogP contribution is -2.21. The highest BCUT2D eigenvalue weighted by Crippen LogP contribution is 2.28. The molecule has 0 amide bonds. The topological polar surface area (TPSA) is 21.3 Å². The smallest absolute Gasteiger partial charge is 0.119 e. The summed E-state index contributed by atoms with van der Waals surface area (Å²) in [6.45, 7) is 9.48. The summed E-state index contributed by atoms with van der Waals surface area (Å²) in [4.78, 5) is 0. The summed E-state index contributed by atoms with van der Waals surface area (Å²) < 4.78 is 5.77. The Labute approximate surface area is 116 Å².